The van der Waals surface area contributed by atoms with E-state index < -0.39 is 6.61 Å². The normalized spacial score (nSPS) is 10.9. The second kappa shape index (κ2) is 8.00. The van der Waals surface area contributed by atoms with E-state index in [9.17, 15) is 8.78 Å². The minimum absolute atomic E-state index is 0.0614. The average molecular weight is 354 g/mol. The highest BCUT2D eigenvalue weighted by atomic mass is 19.3. The van der Waals surface area contributed by atoms with Crippen LogP contribution in [0.3, 0.4) is 0 Å². The summed E-state index contributed by atoms with van der Waals surface area (Å²) in [6.45, 7) is 0.836. The second-order valence-corrected chi connectivity index (χ2v) is 5.94. The molecule has 0 amide bonds. The number of halogens is 2. The number of allylic oxidation sites excluding steroid dienone is 1. The maximum atomic E-state index is 12.8. The summed E-state index contributed by atoms with van der Waals surface area (Å²) in [4.78, 5) is 0. The van der Waals surface area contributed by atoms with Crippen LogP contribution in [0.15, 0.2) is 67.3 Å². The first-order valence-corrected chi connectivity index (χ1v) is 8.38. The van der Waals surface area contributed by atoms with Crippen molar-refractivity contribution in [2.75, 3.05) is 7.11 Å². The molecule has 0 fully saturated rings. The molecule has 0 unspecified atom stereocenters. The molecule has 0 bridgehead atoms. The molecule has 3 aromatic carbocycles. The van der Waals surface area contributed by atoms with Gasteiger partial charge in [-0.25, -0.2) is 0 Å². The highest BCUT2D eigenvalue weighted by Crippen LogP contribution is 2.38. The molecular formula is C22H20F2O2. The van der Waals surface area contributed by atoms with Crippen LogP contribution in [-0.2, 0) is 6.42 Å². The van der Waals surface area contributed by atoms with E-state index in [1.165, 1.54) is 12.7 Å². The Morgan fingerprint density at radius 2 is 1.73 bits per heavy atom. The number of methoxy groups -OCH3 is 1. The third kappa shape index (κ3) is 3.85. The molecule has 0 heterocycles. The standard InChI is InChI=1S/C22H20F2O2/c1-3-4-5-15-6-8-16(9-7-15)17-10-12-19-18(14-17)11-13-20(25-2)21(19)26-22(23)24/h3,6-14,22H,1,4-5H2,2H3. The number of hydrogen-bond donors (Lipinski definition) is 0. The fourth-order valence-corrected chi connectivity index (χ4v) is 2.96. The molecule has 0 spiro atoms. The van der Waals surface area contributed by atoms with E-state index in [0.29, 0.717) is 5.39 Å². The average Bonchev–Trinajstić information content (AvgIpc) is 2.66. The van der Waals surface area contributed by atoms with E-state index in [2.05, 4.69) is 35.6 Å². The van der Waals surface area contributed by atoms with Crippen LogP contribution in [-0.4, -0.2) is 13.7 Å². The number of rotatable bonds is 7. The van der Waals surface area contributed by atoms with Crippen molar-refractivity contribution >= 4 is 10.8 Å². The Balaban J connectivity index is 1.97. The molecule has 3 aromatic rings. The molecule has 0 aliphatic rings. The van der Waals surface area contributed by atoms with Gasteiger partial charge in [-0.2, -0.15) is 8.78 Å². The Morgan fingerprint density at radius 1 is 1.00 bits per heavy atom. The number of aryl methyl sites for hydroxylation is 1. The zero-order valence-corrected chi connectivity index (χ0v) is 14.5. The van der Waals surface area contributed by atoms with Crippen molar-refractivity contribution < 1.29 is 18.3 Å². The number of alkyl halides is 2. The second-order valence-electron chi connectivity index (χ2n) is 5.94. The SMILES string of the molecule is C=CCCc1ccc(-c2ccc3c(OC(F)F)c(OC)ccc3c2)cc1. The predicted molar refractivity (Wildman–Crippen MR) is 101 cm³/mol. The lowest BCUT2D eigenvalue weighted by atomic mass is 9.99. The molecule has 26 heavy (non-hydrogen) atoms. The molecule has 4 heteroatoms. The van der Waals surface area contributed by atoms with Gasteiger partial charge in [0, 0.05) is 5.39 Å². The Labute approximate surface area is 151 Å². The summed E-state index contributed by atoms with van der Waals surface area (Å²) in [5.41, 5.74) is 3.34. The van der Waals surface area contributed by atoms with Crippen LogP contribution in [0.1, 0.15) is 12.0 Å². The molecule has 0 N–H and O–H groups in total. The van der Waals surface area contributed by atoms with E-state index in [0.717, 1.165) is 29.4 Å². The van der Waals surface area contributed by atoms with Crippen LogP contribution >= 0.6 is 0 Å². The van der Waals surface area contributed by atoms with Crippen molar-refractivity contribution in [3.63, 3.8) is 0 Å². The summed E-state index contributed by atoms with van der Waals surface area (Å²) in [6, 6.07) is 17.5. The van der Waals surface area contributed by atoms with Gasteiger partial charge >= 0.3 is 6.61 Å². The van der Waals surface area contributed by atoms with Crippen LogP contribution < -0.4 is 9.47 Å². The summed E-state index contributed by atoms with van der Waals surface area (Å²) < 4.78 is 35.3. The highest BCUT2D eigenvalue weighted by molar-refractivity contribution is 5.93. The summed E-state index contributed by atoms with van der Waals surface area (Å²) in [7, 11) is 1.43. The lowest BCUT2D eigenvalue weighted by Crippen LogP contribution is -2.04. The number of benzene rings is 3. The number of hydrogen-bond acceptors (Lipinski definition) is 2. The van der Waals surface area contributed by atoms with Gasteiger partial charge in [-0.1, -0.05) is 42.5 Å². The lowest BCUT2D eigenvalue weighted by molar-refractivity contribution is -0.0501. The van der Waals surface area contributed by atoms with Gasteiger partial charge in [-0.15, -0.1) is 6.58 Å². The Hall–Kier alpha value is -2.88. The van der Waals surface area contributed by atoms with Gasteiger partial charge in [0.15, 0.2) is 11.5 Å². The Kier molecular flexibility index (Phi) is 5.52. The van der Waals surface area contributed by atoms with Crippen LogP contribution in [0.2, 0.25) is 0 Å². The fraction of sp³-hybridized carbons (Fsp3) is 0.182. The fourth-order valence-electron chi connectivity index (χ4n) is 2.96. The quantitative estimate of drug-likeness (QED) is 0.468. The molecular weight excluding hydrogens is 334 g/mol. The van der Waals surface area contributed by atoms with Gasteiger partial charge in [0.05, 0.1) is 7.11 Å². The van der Waals surface area contributed by atoms with E-state index in [1.807, 2.05) is 24.3 Å². The molecule has 2 nitrogen and oxygen atoms in total. The smallest absolute Gasteiger partial charge is 0.387 e. The van der Waals surface area contributed by atoms with Gasteiger partial charge in [-0.05, 0) is 53.1 Å². The highest BCUT2D eigenvalue weighted by Gasteiger charge is 2.15. The van der Waals surface area contributed by atoms with Gasteiger partial charge in [0.1, 0.15) is 0 Å². The first-order valence-electron chi connectivity index (χ1n) is 8.38. The molecule has 0 saturated carbocycles. The van der Waals surface area contributed by atoms with E-state index in [4.69, 9.17) is 4.74 Å². The lowest BCUT2D eigenvalue weighted by Gasteiger charge is -2.13. The topological polar surface area (TPSA) is 18.5 Å². The predicted octanol–water partition coefficient (Wildman–Crippen LogP) is 6.24. The molecule has 0 atom stereocenters. The molecule has 0 radical (unpaired) electrons. The minimum atomic E-state index is -2.91. The van der Waals surface area contributed by atoms with Gasteiger partial charge < -0.3 is 9.47 Å². The molecule has 0 aliphatic carbocycles. The zero-order chi connectivity index (χ0) is 18.5. The maximum absolute atomic E-state index is 12.8. The Morgan fingerprint density at radius 3 is 2.38 bits per heavy atom. The number of fused-ring (bicyclic) bond motifs is 1. The van der Waals surface area contributed by atoms with Crippen LogP contribution in [0.25, 0.3) is 21.9 Å². The van der Waals surface area contributed by atoms with Gasteiger partial charge in [0.25, 0.3) is 0 Å². The van der Waals surface area contributed by atoms with E-state index in [1.54, 1.807) is 12.1 Å². The minimum Gasteiger partial charge on any atom is -0.493 e. The largest absolute Gasteiger partial charge is 0.493 e. The van der Waals surface area contributed by atoms with Gasteiger partial charge in [-0.3, -0.25) is 0 Å². The van der Waals surface area contributed by atoms with E-state index >= 15 is 0 Å². The summed E-state index contributed by atoms with van der Waals surface area (Å²) in [6.07, 6.45) is 3.82. The van der Waals surface area contributed by atoms with Crippen molar-refractivity contribution in [1.29, 1.82) is 0 Å². The maximum Gasteiger partial charge on any atom is 0.387 e. The zero-order valence-electron chi connectivity index (χ0n) is 14.5. The van der Waals surface area contributed by atoms with Crippen LogP contribution in [0.5, 0.6) is 11.5 Å². The number of ether oxygens (including phenoxy) is 2. The first kappa shape index (κ1) is 17.9. The molecule has 134 valence electrons. The molecule has 0 aliphatic heterocycles. The summed E-state index contributed by atoms with van der Waals surface area (Å²) in [5.74, 6) is 0.350. The summed E-state index contributed by atoms with van der Waals surface area (Å²) in [5, 5.41) is 1.41. The van der Waals surface area contributed by atoms with Crippen molar-refractivity contribution in [2.45, 2.75) is 19.5 Å². The summed E-state index contributed by atoms with van der Waals surface area (Å²) >= 11 is 0. The van der Waals surface area contributed by atoms with Gasteiger partial charge in [0.2, 0.25) is 0 Å². The van der Waals surface area contributed by atoms with Crippen molar-refractivity contribution in [3.05, 3.63) is 72.8 Å². The van der Waals surface area contributed by atoms with Crippen molar-refractivity contribution in [3.8, 4) is 22.6 Å². The van der Waals surface area contributed by atoms with E-state index in [-0.39, 0.29) is 11.5 Å². The Bertz CT molecular complexity index is 902. The van der Waals surface area contributed by atoms with Crippen molar-refractivity contribution in [1.82, 2.24) is 0 Å². The molecule has 3 rings (SSSR count). The third-order valence-electron chi connectivity index (χ3n) is 4.29. The third-order valence-corrected chi connectivity index (χ3v) is 4.29. The monoisotopic (exact) mass is 354 g/mol. The van der Waals surface area contributed by atoms with Crippen molar-refractivity contribution in [2.24, 2.45) is 0 Å². The van der Waals surface area contributed by atoms with Crippen LogP contribution in [0, 0.1) is 0 Å². The molecule has 0 aromatic heterocycles. The molecule has 0 saturated heterocycles. The van der Waals surface area contributed by atoms with Crippen LogP contribution in [0.4, 0.5) is 8.78 Å². The first-order chi connectivity index (χ1) is 12.6.